The first-order valence-electron chi connectivity index (χ1n) is 6.54. The van der Waals surface area contributed by atoms with E-state index < -0.39 is 17.4 Å². The Kier molecular flexibility index (Phi) is 5.51. The average Bonchev–Trinajstić information content (AvgIpc) is 2.37. The minimum absolute atomic E-state index is 0.224. The minimum Gasteiger partial charge on any atom is -0.480 e. The quantitative estimate of drug-likeness (QED) is 0.791. The smallest absolute Gasteiger partial charge is 0.329 e. The fraction of sp³-hybridized carbons (Fsp3) is 0.500. The number of nitrogens with one attached hydrogen (secondary N) is 1. The zero-order valence-electron chi connectivity index (χ0n) is 11.9. The molecule has 110 valence electrons. The standard InChI is InChI=1S/C14H19ClN2O3/c1-4-6-14(3,13(19)20)17-12(18)9-7-10(5-2)16-11(15)8-9/h7-8H,4-6H2,1-3H3,(H,17,18)(H,19,20). The van der Waals surface area contributed by atoms with Gasteiger partial charge in [0, 0.05) is 11.3 Å². The molecule has 0 aliphatic rings. The first kappa shape index (κ1) is 16.4. The molecule has 5 nitrogen and oxygen atoms in total. The van der Waals surface area contributed by atoms with Gasteiger partial charge in [-0.05, 0) is 31.9 Å². The Hall–Kier alpha value is -1.62. The highest BCUT2D eigenvalue weighted by Gasteiger charge is 2.34. The Morgan fingerprint density at radius 1 is 1.40 bits per heavy atom. The molecule has 0 aliphatic heterocycles. The molecule has 6 heteroatoms. The molecule has 0 fully saturated rings. The lowest BCUT2D eigenvalue weighted by Gasteiger charge is -2.25. The van der Waals surface area contributed by atoms with Crippen molar-refractivity contribution in [1.82, 2.24) is 10.3 Å². The van der Waals surface area contributed by atoms with E-state index >= 15 is 0 Å². The molecule has 0 aromatic carbocycles. The fourth-order valence-electron chi connectivity index (χ4n) is 1.91. The van der Waals surface area contributed by atoms with Gasteiger partial charge in [0.15, 0.2) is 0 Å². The van der Waals surface area contributed by atoms with E-state index in [1.807, 2.05) is 13.8 Å². The predicted molar refractivity (Wildman–Crippen MR) is 77.0 cm³/mol. The third-order valence-corrected chi connectivity index (χ3v) is 3.28. The molecule has 1 aromatic rings. The van der Waals surface area contributed by atoms with Crippen LogP contribution in [0.2, 0.25) is 5.15 Å². The van der Waals surface area contributed by atoms with Crippen molar-refractivity contribution in [3.8, 4) is 0 Å². The van der Waals surface area contributed by atoms with Crippen LogP contribution >= 0.6 is 11.6 Å². The Morgan fingerprint density at radius 2 is 2.05 bits per heavy atom. The van der Waals surface area contributed by atoms with Gasteiger partial charge in [0.2, 0.25) is 0 Å². The van der Waals surface area contributed by atoms with Crippen LogP contribution in [0.4, 0.5) is 0 Å². The van der Waals surface area contributed by atoms with Crippen LogP contribution < -0.4 is 5.32 Å². The van der Waals surface area contributed by atoms with E-state index in [0.717, 1.165) is 0 Å². The summed E-state index contributed by atoms with van der Waals surface area (Å²) >= 11 is 5.86. The minimum atomic E-state index is -1.28. The predicted octanol–water partition coefficient (Wildman–Crippen LogP) is 2.67. The first-order chi connectivity index (χ1) is 9.32. The largest absolute Gasteiger partial charge is 0.480 e. The maximum Gasteiger partial charge on any atom is 0.329 e. The lowest BCUT2D eigenvalue weighted by molar-refractivity contribution is -0.144. The van der Waals surface area contributed by atoms with Crippen LogP contribution in [0.1, 0.15) is 49.7 Å². The number of rotatable bonds is 6. The number of carboxylic acids is 1. The molecule has 1 atom stereocenters. The number of pyridine rings is 1. The molecule has 1 amide bonds. The first-order valence-corrected chi connectivity index (χ1v) is 6.92. The topological polar surface area (TPSA) is 79.3 Å². The van der Waals surface area contributed by atoms with Gasteiger partial charge in [0.25, 0.3) is 5.91 Å². The van der Waals surface area contributed by atoms with Gasteiger partial charge in [-0.25, -0.2) is 9.78 Å². The molecular weight excluding hydrogens is 280 g/mol. The number of halogens is 1. The molecular formula is C14H19ClN2O3. The van der Waals surface area contributed by atoms with Crippen LogP contribution in [-0.2, 0) is 11.2 Å². The summed E-state index contributed by atoms with van der Waals surface area (Å²) < 4.78 is 0. The highest BCUT2D eigenvalue weighted by Crippen LogP contribution is 2.16. The van der Waals surface area contributed by atoms with E-state index in [2.05, 4.69) is 10.3 Å². The zero-order valence-corrected chi connectivity index (χ0v) is 12.6. The van der Waals surface area contributed by atoms with Gasteiger partial charge in [-0.2, -0.15) is 0 Å². The summed E-state index contributed by atoms with van der Waals surface area (Å²) in [4.78, 5) is 27.6. The molecule has 1 heterocycles. The van der Waals surface area contributed by atoms with Crippen LogP contribution in [0.3, 0.4) is 0 Å². The monoisotopic (exact) mass is 298 g/mol. The van der Waals surface area contributed by atoms with Gasteiger partial charge >= 0.3 is 5.97 Å². The summed E-state index contributed by atoms with van der Waals surface area (Å²) in [5, 5.41) is 12.0. The number of amides is 1. The summed E-state index contributed by atoms with van der Waals surface area (Å²) in [6, 6.07) is 3.06. The normalized spacial score (nSPS) is 13.6. The summed E-state index contributed by atoms with van der Waals surface area (Å²) in [5.74, 6) is -1.51. The van der Waals surface area contributed by atoms with Crippen LogP contribution in [0.15, 0.2) is 12.1 Å². The third kappa shape index (κ3) is 3.93. The van der Waals surface area contributed by atoms with Gasteiger partial charge in [0.1, 0.15) is 10.7 Å². The summed E-state index contributed by atoms with van der Waals surface area (Å²) in [6.07, 6.45) is 1.65. The number of carbonyl (C=O) groups is 2. The molecule has 0 radical (unpaired) electrons. The highest BCUT2D eigenvalue weighted by atomic mass is 35.5. The van der Waals surface area contributed by atoms with Crippen molar-refractivity contribution in [2.75, 3.05) is 0 Å². The van der Waals surface area contributed by atoms with Gasteiger partial charge in [0.05, 0.1) is 0 Å². The maximum atomic E-state index is 12.2. The summed E-state index contributed by atoms with van der Waals surface area (Å²) in [6.45, 7) is 5.27. The van der Waals surface area contributed by atoms with Gasteiger partial charge in [-0.3, -0.25) is 4.79 Å². The number of carboxylic acid groups (broad SMARTS) is 1. The van der Waals surface area contributed by atoms with E-state index in [1.165, 1.54) is 13.0 Å². The fourth-order valence-corrected chi connectivity index (χ4v) is 2.14. The molecule has 2 N–H and O–H groups in total. The van der Waals surface area contributed by atoms with Crippen LogP contribution in [0.5, 0.6) is 0 Å². The van der Waals surface area contributed by atoms with Gasteiger partial charge < -0.3 is 10.4 Å². The van der Waals surface area contributed by atoms with Gasteiger partial charge in [-0.15, -0.1) is 0 Å². The van der Waals surface area contributed by atoms with E-state index in [1.54, 1.807) is 6.07 Å². The number of hydrogen-bond donors (Lipinski definition) is 2. The summed E-state index contributed by atoms with van der Waals surface area (Å²) in [7, 11) is 0. The Labute approximate surface area is 123 Å². The second kappa shape index (κ2) is 6.70. The third-order valence-electron chi connectivity index (χ3n) is 3.08. The molecule has 0 saturated carbocycles. The zero-order chi connectivity index (χ0) is 15.3. The van der Waals surface area contributed by atoms with E-state index in [9.17, 15) is 14.7 Å². The van der Waals surface area contributed by atoms with Crippen molar-refractivity contribution >= 4 is 23.5 Å². The highest BCUT2D eigenvalue weighted by molar-refractivity contribution is 6.29. The number of hydrogen-bond acceptors (Lipinski definition) is 3. The SMILES string of the molecule is CCCC(C)(NC(=O)c1cc(Cl)nc(CC)c1)C(=O)O. The molecule has 0 saturated heterocycles. The lowest BCUT2D eigenvalue weighted by atomic mass is 9.95. The van der Waals surface area contributed by atoms with Crippen LogP contribution in [0.25, 0.3) is 0 Å². The molecule has 0 aliphatic carbocycles. The van der Waals surface area contributed by atoms with E-state index in [4.69, 9.17) is 11.6 Å². The maximum absolute atomic E-state index is 12.2. The number of aryl methyl sites for hydroxylation is 1. The molecule has 1 unspecified atom stereocenters. The van der Waals surface area contributed by atoms with Crippen molar-refractivity contribution < 1.29 is 14.7 Å². The molecule has 1 rings (SSSR count). The number of nitrogens with zero attached hydrogens (tertiary/aromatic N) is 1. The molecule has 0 bridgehead atoms. The number of aromatic nitrogens is 1. The Bertz CT molecular complexity index is 519. The average molecular weight is 299 g/mol. The lowest BCUT2D eigenvalue weighted by Crippen LogP contribution is -2.52. The van der Waals surface area contributed by atoms with Crippen LogP contribution in [-0.4, -0.2) is 27.5 Å². The number of carbonyl (C=O) groups excluding carboxylic acids is 1. The van der Waals surface area contributed by atoms with E-state index in [0.29, 0.717) is 30.5 Å². The van der Waals surface area contributed by atoms with Crippen molar-refractivity contribution in [2.24, 2.45) is 0 Å². The van der Waals surface area contributed by atoms with Gasteiger partial charge in [-0.1, -0.05) is 31.9 Å². The van der Waals surface area contributed by atoms with Crippen molar-refractivity contribution in [1.29, 1.82) is 0 Å². The Balaban J connectivity index is 3.00. The van der Waals surface area contributed by atoms with E-state index in [-0.39, 0.29) is 5.15 Å². The van der Waals surface area contributed by atoms with Crippen molar-refractivity contribution in [3.05, 3.63) is 28.5 Å². The second-order valence-electron chi connectivity index (χ2n) is 4.86. The number of aliphatic carboxylic acids is 1. The molecule has 0 spiro atoms. The second-order valence-corrected chi connectivity index (χ2v) is 5.25. The summed E-state index contributed by atoms with van der Waals surface area (Å²) in [5.41, 5.74) is -0.269. The van der Waals surface area contributed by atoms with Crippen molar-refractivity contribution in [2.45, 2.75) is 45.6 Å². The van der Waals surface area contributed by atoms with Crippen LogP contribution in [0, 0.1) is 0 Å². The van der Waals surface area contributed by atoms with Crippen molar-refractivity contribution in [3.63, 3.8) is 0 Å². The molecule has 20 heavy (non-hydrogen) atoms. The Morgan fingerprint density at radius 3 is 2.55 bits per heavy atom. The molecule has 1 aromatic heterocycles.